The average molecular weight is 331 g/mol. The van der Waals surface area contributed by atoms with Crippen molar-refractivity contribution < 1.29 is 9.59 Å². The number of carbonyl (C=O) groups excluding carboxylic acids is 2. The highest BCUT2D eigenvalue weighted by Gasteiger charge is 2.35. The number of aryl methyl sites for hydroxylation is 1. The van der Waals surface area contributed by atoms with Crippen molar-refractivity contribution in [3.8, 4) is 0 Å². The summed E-state index contributed by atoms with van der Waals surface area (Å²) < 4.78 is 0. The lowest BCUT2D eigenvalue weighted by Gasteiger charge is -2.21. The fraction of sp³-hybridized carbons (Fsp3) is 0.579. The van der Waals surface area contributed by atoms with Crippen LogP contribution in [0.1, 0.15) is 31.4 Å². The normalized spacial score (nSPS) is 17.6. The van der Waals surface area contributed by atoms with Crippen LogP contribution in [0.2, 0.25) is 0 Å². The van der Waals surface area contributed by atoms with Crippen LogP contribution < -0.4 is 10.2 Å². The minimum Gasteiger partial charge on any atom is -0.355 e. The van der Waals surface area contributed by atoms with Crippen LogP contribution in [-0.2, 0) is 9.59 Å². The van der Waals surface area contributed by atoms with Crippen molar-refractivity contribution in [3.63, 3.8) is 0 Å². The van der Waals surface area contributed by atoms with Gasteiger partial charge in [0.2, 0.25) is 11.8 Å². The van der Waals surface area contributed by atoms with Crippen LogP contribution >= 0.6 is 0 Å². The third kappa shape index (κ3) is 4.15. The van der Waals surface area contributed by atoms with E-state index in [0.29, 0.717) is 19.5 Å². The second-order valence-corrected chi connectivity index (χ2v) is 6.44. The molecule has 0 spiro atoms. The van der Waals surface area contributed by atoms with Gasteiger partial charge in [-0.3, -0.25) is 9.59 Å². The first kappa shape index (κ1) is 18.5. The number of hydrogen-bond acceptors (Lipinski definition) is 3. The van der Waals surface area contributed by atoms with Gasteiger partial charge in [0.25, 0.3) is 0 Å². The Balaban J connectivity index is 1.94. The Kier molecular flexibility index (Phi) is 6.37. The van der Waals surface area contributed by atoms with E-state index < -0.39 is 0 Å². The Labute approximate surface area is 145 Å². The standard InChI is InChI=1S/C19H29N3O2/c1-5-21(6-2)11-10-20-19(24)16-12-18(23)22(13-16)17-9-7-8-14(3)15(17)4/h7-9,16H,5-6,10-13H2,1-4H3,(H,20,24). The Morgan fingerprint density at radius 1 is 1.29 bits per heavy atom. The summed E-state index contributed by atoms with van der Waals surface area (Å²) in [4.78, 5) is 28.8. The molecule has 1 atom stereocenters. The molecule has 24 heavy (non-hydrogen) atoms. The molecule has 2 rings (SSSR count). The van der Waals surface area contributed by atoms with E-state index in [9.17, 15) is 9.59 Å². The van der Waals surface area contributed by atoms with Crippen LogP contribution in [0, 0.1) is 19.8 Å². The van der Waals surface area contributed by atoms with Gasteiger partial charge in [-0.1, -0.05) is 26.0 Å². The molecule has 132 valence electrons. The van der Waals surface area contributed by atoms with Gasteiger partial charge in [0, 0.05) is 31.7 Å². The Hall–Kier alpha value is -1.88. The molecule has 5 heteroatoms. The van der Waals surface area contributed by atoms with E-state index in [0.717, 1.165) is 36.4 Å². The molecule has 5 nitrogen and oxygen atoms in total. The smallest absolute Gasteiger partial charge is 0.227 e. The minimum absolute atomic E-state index is 0.0108. The molecule has 1 saturated heterocycles. The van der Waals surface area contributed by atoms with Crippen LogP contribution in [0.25, 0.3) is 0 Å². The Morgan fingerprint density at radius 3 is 2.67 bits per heavy atom. The number of amides is 2. The van der Waals surface area contributed by atoms with E-state index >= 15 is 0 Å². The molecule has 1 aliphatic heterocycles. The van der Waals surface area contributed by atoms with Crippen molar-refractivity contribution in [1.29, 1.82) is 0 Å². The van der Waals surface area contributed by atoms with Crippen molar-refractivity contribution in [2.45, 2.75) is 34.1 Å². The van der Waals surface area contributed by atoms with Crippen molar-refractivity contribution in [2.24, 2.45) is 5.92 Å². The molecule has 0 bridgehead atoms. The minimum atomic E-state index is -0.255. The molecule has 1 unspecified atom stereocenters. The first-order chi connectivity index (χ1) is 11.5. The van der Waals surface area contributed by atoms with Crippen LogP contribution in [0.3, 0.4) is 0 Å². The van der Waals surface area contributed by atoms with Gasteiger partial charge in [0.15, 0.2) is 0 Å². The molecule has 0 aromatic heterocycles. The van der Waals surface area contributed by atoms with E-state index in [4.69, 9.17) is 0 Å². The lowest BCUT2D eigenvalue weighted by Crippen LogP contribution is -2.38. The van der Waals surface area contributed by atoms with Crippen LogP contribution in [0.15, 0.2) is 18.2 Å². The van der Waals surface area contributed by atoms with Gasteiger partial charge in [-0.25, -0.2) is 0 Å². The van der Waals surface area contributed by atoms with Crippen LogP contribution in [0.4, 0.5) is 5.69 Å². The molecule has 1 fully saturated rings. The molecule has 0 radical (unpaired) electrons. The SMILES string of the molecule is CCN(CC)CCNC(=O)C1CC(=O)N(c2cccc(C)c2C)C1. The highest BCUT2D eigenvalue weighted by molar-refractivity contribution is 6.00. The van der Waals surface area contributed by atoms with Crippen LogP contribution in [0.5, 0.6) is 0 Å². The molecule has 2 amide bonds. The van der Waals surface area contributed by atoms with Gasteiger partial charge >= 0.3 is 0 Å². The Morgan fingerprint density at radius 2 is 2.00 bits per heavy atom. The second kappa shape index (κ2) is 8.29. The third-order valence-electron chi connectivity index (χ3n) is 4.98. The number of anilines is 1. The van der Waals surface area contributed by atoms with E-state index in [-0.39, 0.29) is 17.7 Å². The summed E-state index contributed by atoms with van der Waals surface area (Å²) in [5, 5.41) is 2.98. The predicted octanol–water partition coefficient (Wildman–Crippen LogP) is 2.11. The van der Waals surface area contributed by atoms with Gasteiger partial charge in [0.1, 0.15) is 0 Å². The fourth-order valence-electron chi connectivity index (χ4n) is 3.17. The molecule has 1 aromatic carbocycles. The molecular formula is C19H29N3O2. The molecule has 1 aliphatic rings. The summed E-state index contributed by atoms with van der Waals surface area (Å²) in [5.74, 6) is -0.231. The van der Waals surface area contributed by atoms with E-state index in [2.05, 4.69) is 24.1 Å². The van der Waals surface area contributed by atoms with Gasteiger partial charge in [0.05, 0.1) is 5.92 Å². The van der Waals surface area contributed by atoms with E-state index in [1.54, 1.807) is 4.90 Å². The largest absolute Gasteiger partial charge is 0.355 e. The summed E-state index contributed by atoms with van der Waals surface area (Å²) in [6.07, 6.45) is 0.296. The van der Waals surface area contributed by atoms with Gasteiger partial charge in [-0.15, -0.1) is 0 Å². The fourth-order valence-corrected chi connectivity index (χ4v) is 3.17. The molecular weight excluding hydrogens is 302 g/mol. The lowest BCUT2D eigenvalue weighted by atomic mass is 10.1. The van der Waals surface area contributed by atoms with Gasteiger partial charge < -0.3 is 15.1 Å². The first-order valence-electron chi connectivity index (χ1n) is 8.84. The summed E-state index contributed by atoms with van der Waals surface area (Å²) in [7, 11) is 0. The maximum absolute atomic E-state index is 12.4. The molecule has 1 N–H and O–H groups in total. The molecule has 0 aliphatic carbocycles. The predicted molar refractivity (Wildman–Crippen MR) is 97.2 cm³/mol. The number of nitrogens with one attached hydrogen (secondary N) is 1. The third-order valence-corrected chi connectivity index (χ3v) is 4.98. The highest BCUT2D eigenvalue weighted by Crippen LogP contribution is 2.29. The summed E-state index contributed by atoms with van der Waals surface area (Å²) >= 11 is 0. The lowest BCUT2D eigenvalue weighted by molar-refractivity contribution is -0.126. The molecule has 0 saturated carbocycles. The monoisotopic (exact) mass is 331 g/mol. The number of benzene rings is 1. The summed E-state index contributed by atoms with van der Waals surface area (Å²) in [6.45, 7) is 12.2. The van der Waals surface area contributed by atoms with Gasteiger partial charge in [-0.2, -0.15) is 0 Å². The van der Waals surface area contributed by atoms with Crippen molar-refractivity contribution in [2.75, 3.05) is 37.6 Å². The number of rotatable bonds is 7. The zero-order valence-corrected chi connectivity index (χ0v) is 15.3. The highest BCUT2D eigenvalue weighted by atomic mass is 16.2. The Bertz CT molecular complexity index is 596. The van der Waals surface area contributed by atoms with E-state index in [1.165, 1.54) is 0 Å². The number of carbonyl (C=O) groups is 2. The number of nitrogens with zero attached hydrogens (tertiary/aromatic N) is 2. The van der Waals surface area contributed by atoms with Crippen molar-refractivity contribution in [3.05, 3.63) is 29.3 Å². The quantitative estimate of drug-likeness (QED) is 0.833. The molecule has 1 heterocycles. The number of hydrogen-bond donors (Lipinski definition) is 1. The zero-order valence-electron chi connectivity index (χ0n) is 15.3. The summed E-state index contributed by atoms with van der Waals surface area (Å²) in [5.41, 5.74) is 3.19. The maximum Gasteiger partial charge on any atom is 0.227 e. The zero-order chi connectivity index (χ0) is 17.7. The van der Waals surface area contributed by atoms with Crippen LogP contribution in [-0.4, -0.2) is 49.4 Å². The molecule has 1 aromatic rings. The summed E-state index contributed by atoms with van der Waals surface area (Å²) in [6, 6.07) is 5.96. The van der Waals surface area contributed by atoms with Gasteiger partial charge in [-0.05, 0) is 44.1 Å². The second-order valence-electron chi connectivity index (χ2n) is 6.44. The van der Waals surface area contributed by atoms with E-state index in [1.807, 2.05) is 32.0 Å². The maximum atomic E-state index is 12.4. The first-order valence-corrected chi connectivity index (χ1v) is 8.84. The van der Waals surface area contributed by atoms with Crippen molar-refractivity contribution in [1.82, 2.24) is 10.2 Å². The van der Waals surface area contributed by atoms with Crippen molar-refractivity contribution >= 4 is 17.5 Å². The average Bonchev–Trinajstić information content (AvgIpc) is 2.96. The number of likely N-dealkylation sites (N-methyl/N-ethyl adjacent to an activating group) is 1. The topological polar surface area (TPSA) is 52.7 Å².